The Hall–Kier alpha value is -1.70. The highest BCUT2D eigenvalue weighted by molar-refractivity contribution is 7.85. The average molecular weight is 666 g/mol. The summed E-state index contributed by atoms with van der Waals surface area (Å²) in [6, 6.07) is -1.08. The minimum absolute atomic E-state index is 0.273. The molecule has 0 aliphatic heterocycles. The van der Waals surface area contributed by atoms with Crippen LogP contribution in [0.15, 0.2) is 48.6 Å². The molecule has 0 aromatic rings. The van der Waals surface area contributed by atoms with Crippen molar-refractivity contribution in [1.82, 2.24) is 5.32 Å². The van der Waals surface area contributed by atoms with Crippen LogP contribution in [0, 0.1) is 0 Å². The van der Waals surface area contributed by atoms with Crippen molar-refractivity contribution in [3.63, 3.8) is 0 Å². The molecular weight excluding hydrogens is 594 g/mol. The van der Waals surface area contributed by atoms with E-state index in [1.165, 1.54) is 96.0 Å². The fourth-order valence-corrected chi connectivity index (χ4v) is 6.09. The number of carbonyl (C=O) groups excluding carboxylic acids is 1. The van der Waals surface area contributed by atoms with Crippen molar-refractivity contribution in [2.75, 3.05) is 5.75 Å². The van der Waals surface area contributed by atoms with E-state index in [1.54, 1.807) is 6.08 Å². The molecule has 0 radical (unpaired) electrons. The third-order valence-corrected chi connectivity index (χ3v) is 8.99. The topological polar surface area (TPSA) is 104 Å². The number of hydrogen-bond acceptors (Lipinski definition) is 4. The minimum atomic E-state index is -4.36. The Balaban J connectivity index is 4.08. The van der Waals surface area contributed by atoms with Gasteiger partial charge in [0.2, 0.25) is 5.91 Å². The highest BCUT2D eigenvalue weighted by Crippen LogP contribution is 2.11. The number of unbranched alkanes of at least 4 members (excludes halogenated alkanes) is 19. The highest BCUT2D eigenvalue weighted by Gasteiger charge is 2.24. The van der Waals surface area contributed by atoms with E-state index in [-0.39, 0.29) is 12.3 Å². The lowest BCUT2D eigenvalue weighted by molar-refractivity contribution is -0.122. The first-order valence-corrected chi connectivity index (χ1v) is 20.4. The molecule has 0 bridgehead atoms. The van der Waals surface area contributed by atoms with Crippen LogP contribution >= 0.6 is 0 Å². The standard InChI is InChI=1S/C39H71NO5S/c1-3-5-7-9-11-13-15-17-19-21-22-24-26-28-30-32-34-38(41)37(36-46(43,44)45)40-39(42)35-33-31-29-27-25-23-20-18-16-14-12-10-8-6-4-2/h17-20,24,26,32,34,37-38,41H,3-16,21-23,25,27-31,33,35-36H2,1-2H3,(H,40,42)(H,43,44,45)/b19-17+,20-18-,26-24+,34-32+. The van der Waals surface area contributed by atoms with Gasteiger partial charge in [0, 0.05) is 6.42 Å². The third-order valence-electron chi connectivity index (χ3n) is 8.21. The van der Waals surface area contributed by atoms with Crippen molar-refractivity contribution in [2.45, 2.75) is 187 Å². The van der Waals surface area contributed by atoms with Crippen molar-refractivity contribution in [2.24, 2.45) is 0 Å². The Morgan fingerprint density at radius 3 is 1.37 bits per heavy atom. The highest BCUT2D eigenvalue weighted by atomic mass is 32.2. The monoisotopic (exact) mass is 666 g/mol. The molecule has 0 fully saturated rings. The molecule has 0 heterocycles. The lowest BCUT2D eigenvalue weighted by Crippen LogP contribution is -2.46. The van der Waals surface area contributed by atoms with E-state index >= 15 is 0 Å². The predicted molar refractivity (Wildman–Crippen MR) is 198 cm³/mol. The summed E-state index contributed by atoms with van der Waals surface area (Å²) in [6.45, 7) is 4.49. The normalized spacial score (nSPS) is 13.9. The Bertz CT molecular complexity index is 909. The first-order valence-electron chi connectivity index (χ1n) is 18.8. The number of allylic oxidation sites excluding steroid dienone is 7. The van der Waals surface area contributed by atoms with Crippen LogP contribution in [0.5, 0.6) is 0 Å². The van der Waals surface area contributed by atoms with Gasteiger partial charge in [-0.2, -0.15) is 8.42 Å². The van der Waals surface area contributed by atoms with Gasteiger partial charge in [0.05, 0.1) is 17.9 Å². The second-order valence-corrected chi connectivity index (χ2v) is 14.3. The summed E-state index contributed by atoms with van der Waals surface area (Å²) in [5.74, 6) is -1.02. The largest absolute Gasteiger partial charge is 0.387 e. The molecule has 46 heavy (non-hydrogen) atoms. The van der Waals surface area contributed by atoms with Gasteiger partial charge in [0.25, 0.3) is 10.1 Å². The van der Waals surface area contributed by atoms with Crippen LogP contribution in [0.25, 0.3) is 0 Å². The van der Waals surface area contributed by atoms with Crippen molar-refractivity contribution >= 4 is 16.0 Å². The van der Waals surface area contributed by atoms with E-state index in [4.69, 9.17) is 0 Å². The summed E-state index contributed by atoms with van der Waals surface area (Å²) in [5.41, 5.74) is 0. The maximum atomic E-state index is 12.5. The summed E-state index contributed by atoms with van der Waals surface area (Å²) < 4.78 is 32.4. The van der Waals surface area contributed by atoms with Gasteiger partial charge in [0.15, 0.2) is 0 Å². The smallest absolute Gasteiger partial charge is 0.267 e. The minimum Gasteiger partial charge on any atom is -0.387 e. The van der Waals surface area contributed by atoms with Crippen LogP contribution < -0.4 is 5.32 Å². The maximum Gasteiger partial charge on any atom is 0.267 e. The van der Waals surface area contributed by atoms with E-state index in [9.17, 15) is 22.9 Å². The third kappa shape index (κ3) is 33.7. The van der Waals surface area contributed by atoms with E-state index in [1.807, 2.05) is 0 Å². The number of aliphatic hydroxyl groups is 1. The van der Waals surface area contributed by atoms with Crippen LogP contribution in [0.2, 0.25) is 0 Å². The fraction of sp³-hybridized carbons (Fsp3) is 0.769. The molecule has 0 aliphatic rings. The molecule has 6 nitrogen and oxygen atoms in total. The maximum absolute atomic E-state index is 12.5. The van der Waals surface area contributed by atoms with Crippen molar-refractivity contribution < 1.29 is 22.9 Å². The summed E-state index contributed by atoms with van der Waals surface area (Å²) in [4.78, 5) is 12.5. The average Bonchev–Trinajstić information content (AvgIpc) is 3.01. The zero-order chi connectivity index (χ0) is 34.0. The summed E-state index contributed by atoms with van der Waals surface area (Å²) in [7, 11) is -4.36. The zero-order valence-corrected chi connectivity index (χ0v) is 30.5. The molecule has 0 saturated carbocycles. The predicted octanol–water partition coefficient (Wildman–Crippen LogP) is 10.7. The molecule has 0 aromatic carbocycles. The molecule has 0 rings (SSSR count). The molecule has 3 N–H and O–H groups in total. The first-order chi connectivity index (χ1) is 22.3. The van der Waals surface area contributed by atoms with Gasteiger partial charge in [-0.1, -0.05) is 146 Å². The van der Waals surface area contributed by atoms with Crippen LogP contribution in [0.1, 0.15) is 174 Å². The number of carbonyl (C=O) groups is 1. The lowest BCUT2D eigenvalue weighted by Gasteiger charge is -2.21. The lowest BCUT2D eigenvalue weighted by atomic mass is 10.1. The van der Waals surface area contributed by atoms with Crippen LogP contribution in [-0.4, -0.2) is 41.9 Å². The van der Waals surface area contributed by atoms with Crippen molar-refractivity contribution in [3.8, 4) is 0 Å². The summed E-state index contributed by atoms with van der Waals surface area (Å²) in [5, 5.41) is 13.2. The van der Waals surface area contributed by atoms with Gasteiger partial charge in [-0.3, -0.25) is 9.35 Å². The molecular formula is C39H71NO5S. The van der Waals surface area contributed by atoms with Crippen LogP contribution in [-0.2, 0) is 14.9 Å². The van der Waals surface area contributed by atoms with Gasteiger partial charge < -0.3 is 10.4 Å². The van der Waals surface area contributed by atoms with Gasteiger partial charge in [-0.05, 0) is 70.6 Å². The number of nitrogens with one attached hydrogen (secondary N) is 1. The van der Waals surface area contributed by atoms with Crippen LogP contribution in [0.3, 0.4) is 0 Å². The molecule has 2 unspecified atom stereocenters. The molecule has 0 spiro atoms. The van der Waals surface area contributed by atoms with E-state index in [0.29, 0.717) is 12.8 Å². The number of amides is 1. The van der Waals surface area contributed by atoms with Gasteiger partial charge >= 0.3 is 0 Å². The Labute approximate surface area is 284 Å². The summed E-state index contributed by atoms with van der Waals surface area (Å²) >= 11 is 0. The second kappa shape index (κ2) is 33.2. The molecule has 1 amide bonds. The Kier molecular flexibility index (Phi) is 32.0. The quantitative estimate of drug-likeness (QED) is 0.0368. The number of aliphatic hydroxyl groups excluding tert-OH is 1. The SMILES string of the molecule is CCCCCCCC/C=C\CCCCCCCC(=O)NC(CS(=O)(=O)O)C(O)/C=C/CC/C=C/CC/C=C/CCCCCCCC. The van der Waals surface area contributed by atoms with Gasteiger partial charge in [0.1, 0.15) is 0 Å². The fourth-order valence-electron chi connectivity index (χ4n) is 5.36. The first kappa shape index (κ1) is 44.3. The van der Waals surface area contributed by atoms with E-state index in [2.05, 4.69) is 55.6 Å². The molecule has 268 valence electrons. The van der Waals surface area contributed by atoms with E-state index < -0.39 is 28.0 Å². The van der Waals surface area contributed by atoms with Crippen molar-refractivity contribution in [1.29, 1.82) is 0 Å². The zero-order valence-electron chi connectivity index (χ0n) is 29.7. The van der Waals surface area contributed by atoms with Gasteiger partial charge in [-0.25, -0.2) is 0 Å². The number of rotatable bonds is 33. The molecule has 7 heteroatoms. The second-order valence-electron chi connectivity index (χ2n) is 12.8. The van der Waals surface area contributed by atoms with Gasteiger partial charge in [-0.15, -0.1) is 0 Å². The molecule has 0 saturated heterocycles. The Morgan fingerprint density at radius 2 is 0.935 bits per heavy atom. The Morgan fingerprint density at radius 1 is 0.565 bits per heavy atom. The molecule has 2 atom stereocenters. The number of hydrogen-bond donors (Lipinski definition) is 3. The van der Waals surface area contributed by atoms with E-state index in [0.717, 1.165) is 51.4 Å². The van der Waals surface area contributed by atoms with Crippen molar-refractivity contribution in [3.05, 3.63) is 48.6 Å². The van der Waals surface area contributed by atoms with Crippen LogP contribution in [0.4, 0.5) is 0 Å². The summed E-state index contributed by atoms with van der Waals surface area (Å²) in [6.07, 6.45) is 43.8. The molecule has 0 aliphatic carbocycles. The molecule has 0 aromatic heterocycles.